The van der Waals surface area contributed by atoms with Crippen molar-refractivity contribution in [2.75, 3.05) is 13.1 Å². The fourth-order valence-corrected chi connectivity index (χ4v) is 2.65. The van der Waals surface area contributed by atoms with Crippen molar-refractivity contribution in [3.05, 3.63) is 0 Å². The Hall–Kier alpha value is -0.810. The normalized spacial score (nSPS) is 18.4. The lowest BCUT2D eigenvalue weighted by molar-refractivity contribution is 0.0463. The molecule has 3 N–H and O–H groups in total. The molecule has 0 saturated heterocycles. The minimum absolute atomic E-state index is 0.0207. The maximum absolute atomic E-state index is 12.0. The van der Waals surface area contributed by atoms with Crippen molar-refractivity contribution in [3.63, 3.8) is 0 Å². The number of amides is 1. The Labute approximate surface area is 135 Å². The SMILES string of the molecule is CC(C)CCN(C1CC1)C(CN)C(C)NC(=O)OC(C)(C)C. The molecule has 130 valence electrons. The summed E-state index contributed by atoms with van der Waals surface area (Å²) >= 11 is 0. The summed E-state index contributed by atoms with van der Waals surface area (Å²) in [5.74, 6) is 0.675. The lowest BCUT2D eigenvalue weighted by atomic mass is 10.1. The van der Waals surface area contributed by atoms with Crippen LogP contribution < -0.4 is 11.1 Å². The zero-order chi connectivity index (χ0) is 16.9. The van der Waals surface area contributed by atoms with Gasteiger partial charge in [-0.25, -0.2) is 4.79 Å². The van der Waals surface area contributed by atoms with E-state index in [1.165, 1.54) is 12.8 Å². The van der Waals surface area contributed by atoms with Gasteiger partial charge in [0.25, 0.3) is 0 Å². The van der Waals surface area contributed by atoms with Crippen molar-refractivity contribution >= 4 is 6.09 Å². The van der Waals surface area contributed by atoms with Gasteiger partial charge >= 0.3 is 6.09 Å². The zero-order valence-corrected chi connectivity index (χ0v) is 15.2. The Morgan fingerprint density at radius 2 is 1.91 bits per heavy atom. The molecule has 1 amide bonds. The van der Waals surface area contributed by atoms with Crippen LogP contribution in [-0.2, 0) is 4.74 Å². The number of alkyl carbamates (subject to hydrolysis) is 1. The third-order valence-electron chi connectivity index (χ3n) is 3.97. The smallest absolute Gasteiger partial charge is 0.407 e. The van der Waals surface area contributed by atoms with Crippen molar-refractivity contribution in [3.8, 4) is 0 Å². The molecular weight excluding hydrogens is 278 g/mol. The van der Waals surface area contributed by atoms with Crippen LogP contribution >= 0.6 is 0 Å². The summed E-state index contributed by atoms with van der Waals surface area (Å²) in [6.45, 7) is 13.7. The van der Waals surface area contributed by atoms with Crippen LogP contribution in [0.2, 0.25) is 0 Å². The van der Waals surface area contributed by atoms with Gasteiger partial charge in [0.15, 0.2) is 0 Å². The molecule has 0 aromatic carbocycles. The highest BCUT2D eigenvalue weighted by atomic mass is 16.6. The van der Waals surface area contributed by atoms with Crippen LogP contribution in [0.5, 0.6) is 0 Å². The van der Waals surface area contributed by atoms with Crippen molar-refractivity contribution in [2.24, 2.45) is 11.7 Å². The van der Waals surface area contributed by atoms with Gasteiger partial charge in [-0.2, -0.15) is 0 Å². The van der Waals surface area contributed by atoms with Crippen molar-refractivity contribution in [1.29, 1.82) is 0 Å². The molecule has 0 aromatic rings. The van der Waals surface area contributed by atoms with E-state index in [0.717, 1.165) is 13.0 Å². The average molecular weight is 313 g/mol. The molecule has 22 heavy (non-hydrogen) atoms. The third kappa shape index (κ3) is 6.97. The first-order valence-electron chi connectivity index (χ1n) is 8.59. The van der Waals surface area contributed by atoms with Crippen LogP contribution in [0.3, 0.4) is 0 Å². The second-order valence-corrected chi connectivity index (χ2v) is 7.89. The maximum Gasteiger partial charge on any atom is 0.407 e. The summed E-state index contributed by atoms with van der Waals surface area (Å²) in [6.07, 6.45) is 3.28. The molecule has 1 aliphatic carbocycles. The Morgan fingerprint density at radius 3 is 2.32 bits per heavy atom. The van der Waals surface area contributed by atoms with Gasteiger partial charge in [0.1, 0.15) is 5.60 Å². The molecule has 0 heterocycles. The topological polar surface area (TPSA) is 67.6 Å². The molecule has 1 saturated carbocycles. The first-order chi connectivity index (χ1) is 10.1. The van der Waals surface area contributed by atoms with E-state index in [9.17, 15) is 4.79 Å². The highest BCUT2D eigenvalue weighted by Crippen LogP contribution is 2.30. The summed E-state index contributed by atoms with van der Waals surface area (Å²) < 4.78 is 5.35. The van der Waals surface area contributed by atoms with Crippen LogP contribution in [-0.4, -0.2) is 47.8 Å². The molecule has 0 radical (unpaired) electrons. The second-order valence-electron chi connectivity index (χ2n) is 7.89. The van der Waals surface area contributed by atoms with Gasteiger partial charge in [-0.3, -0.25) is 4.90 Å². The molecule has 2 atom stereocenters. The Morgan fingerprint density at radius 1 is 1.32 bits per heavy atom. The largest absolute Gasteiger partial charge is 0.444 e. The standard InChI is InChI=1S/C17H35N3O2/c1-12(2)9-10-20(14-7-8-14)15(11-18)13(3)19-16(21)22-17(4,5)6/h12-15H,7-11,18H2,1-6H3,(H,19,21). The van der Waals surface area contributed by atoms with E-state index in [1.54, 1.807) is 0 Å². The molecule has 1 rings (SSSR count). The number of nitrogens with one attached hydrogen (secondary N) is 1. The van der Waals surface area contributed by atoms with Crippen molar-refractivity contribution < 1.29 is 9.53 Å². The Kier molecular flexibility index (Phi) is 7.13. The molecular formula is C17H35N3O2. The molecule has 0 bridgehead atoms. The minimum atomic E-state index is -0.476. The fourth-order valence-electron chi connectivity index (χ4n) is 2.65. The van der Waals surface area contributed by atoms with Gasteiger partial charge in [0, 0.05) is 24.7 Å². The number of carbonyl (C=O) groups is 1. The van der Waals surface area contributed by atoms with E-state index in [4.69, 9.17) is 10.5 Å². The Bertz CT molecular complexity index is 348. The zero-order valence-electron chi connectivity index (χ0n) is 15.2. The van der Waals surface area contributed by atoms with Crippen LogP contribution in [0.1, 0.15) is 60.8 Å². The summed E-state index contributed by atoms with van der Waals surface area (Å²) in [5, 5.41) is 2.96. The number of carbonyl (C=O) groups excluding carboxylic acids is 1. The lowest BCUT2D eigenvalue weighted by Crippen LogP contribution is -2.55. The molecule has 1 aliphatic rings. The van der Waals surface area contributed by atoms with Crippen molar-refractivity contribution in [2.45, 2.75) is 84.5 Å². The van der Waals surface area contributed by atoms with Gasteiger partial charge in [-0.1, -0.05) is 13.8 Å². The van der Waals surface area contributed by atoms with E-state index >= 15 is 0 Å². The van der Waals surface area contributed by atoms with Crippen molar-refractivity contribution in [1.82, 2.24) is 10.2 Å². The van der Waals surface area contributed by atoms with Gasteiger partial charge < -0.3 is 15.8 Å². The molecule has 0 spiro atoms. The van der Waals surface area contributed by atoms with E-state index in [2.05, 4.69) is 24.1 Å². The molecule has 5 nitrogen and oxygen atoms in total. The third-order valence-corrected chi connectivity index (χ3v) is 3.97. The maximum atomic E-state index is 12.0. The molecule has 5 heteroatoms. The lowest BCUT2D eigenvalue weighted by Gasteiger charge is -2.36. The van der Waals surface area contributed by atoms with Crippen LogP contribution in [0.25, 0.3) is 0 Å². The molecule has 2 unspecified atom stereocenters. The summed E-state index contributed by atoms with van der Waals surface area (Å²) in [5.41, 5.74) is 5.54. The number of ether oxygens (including phenoxy) is 1. The average Bonchev–Trinajstić information content (AvgIpc) is 3.15. The monoisotopic (exact) mass is 313 g/mol. The first kappa shape index (κ1) is 19.2. The van der Waals surface area contributed by atoms with E-state index in [-0.39, 0.29) is 18.2 Å². The van der Waals surface area contributed by atoms with Crippen LogP contribution in [0.4, 0.5) is 4.79 Å². The van der Waals surface area contributed by atoms with E-state index in [1.807, 2.05) is 27.7 Å². The molecule has 1 fully saturated rings. The van der Waals surface area contributed by atoms with Gasteiger partial charge in [0.2, 0.25) is 0 Å². The van der Waals surface area contributed by atoms with Gasteiger partial charge in [-0.05, 0) is 59.4 Å². The van der Waals surface area contributed by atoms with Gasteiger partial charge in [0.05, 0.1) is 0 Å². The number of nitrogens with zero attached hydrogens (tertiary/aromatic N) is 1. The number of hydrogen-bond acceptors (Lipinski definition) is 4. The minimum Gasteiger partial charge on any atom is -0.444 e. The fraction of sp³-hybridized carbons (Fsp3) is 0.941. The van der Waals surface area contributed by atoms with E-state index in [0.29, 0.717) is 18.5 Å². The first-order valence-corrected chi connectivity index (χ1v) is 8.59. The predicted molar refractivity (Wildman–Crippen MR) is 90.9 cm³/mol. The Balaban J connectivity index is 2.60. The predicted octanol–water partition coefficient (Wildman–Crippen LogP) is 2.74. The second kappa shape index (κ2) is 8.16. The highest BCUT2D eigenvalue weighted by Gasteiger charge is 2.36. The summed E-state index contributed by atoms with van der Waals surface area (Å²) in [6, 6.07) is 0.779. The van der Waals surface area contributed by atoms with E-state index < -0.39 is 5.60 Å². The molecule has 0 aliphatic heterocycles. The highest BCUT2D eigenvalue weighted by molar-refractivity contribution is 5.68. The van der Waals surface area contributed by atoms with Gasteiger partial charge in [-0.15, -0.1) is 0 Å². The summed E-state index contributed by atoms with van der Waals surface area (Å²) in [4.78, 5) is 14.5. The summed E-state index contributed by atoms with van der Waals surface area (Å²) in [7, 11) is 0. The van der Waals surface area contributed by atoms with Crippen LogP contribution in [0.15, 0.2) is 0 Å². The number of nitrogens with two attached hydrogens (primary N) is 1. The number of rotatable bonds is 8. The molecule has 0 aromatic heterocycles. The quantitative estimate of drug-likeness (QED) is 0.723. The number of hydrogen-bond donors (Lipinski definition) is 2. The van der Waals surface area contributed by atoms with Crippen LogP contribution in [0, 0.1) is 5.92 Å².